The standard InChI is InChI=1S/C19H17FN6O3/c1-10-2-3-14-12(6-11(20)7-21-14)15-9-29-19(28)26(15)16-4-5-25-17(24-16)13(8-22-25)18(27)23-10/h4-8,10,15H,2-3,9H2,1H3,(H,23,27)/t10-,15-/m1/s1. The maximum Gasteiger partial charge on any atom is 0.416 e. The number of rotatable bonds is 0. The molecule has 1 fully saturated rings. The average Bonchev–Trinajstić information content (AvgIpc) is 3.29. The molecular formula is C19H17FN6O3. The molecule has 3 aromatic rings. The first-order chi connectivity index (χ1) is 14.0. The Hall–Kier alpha value is -3.56. The van der Waals surface area contributed by atoms with E-state index in [0.717, 1.165) is 6.20 Å². The number of amides is 2. The van der Waals surface area contributed by atoms with Gasteiger partial charge in [0.25, 0.3) is 5.91 Å². The molecule has 1 N–H and O–H groups in total. The molecular weight excluding hydrogens is 379 g/mol. The number of fused-ring (bicyclic) bond motifs is 5. The van der Waals surface area contributed by atoms with Crippen LogP contribution in [0.25, 0.3) is 5.65 Å². The molecule has 0 spiro atoms. The van der Waals surface area contributed by atoms with E-state index in [1.165, 1.54) is 21.7 Å². The van der Waals surface area contributed by atoms with E-state index in [0.29, 0.717) is 41.1 Å². The number of cyclic esters (lactones) is 1. The number of halogens is 1. The van der Waals surface area contributed by atoms with Gasteiger partial charge in [0, 0.05) is 23.5 Å². The van der Waals surface area contributed by atoms with Gasteiger partial charge in [-0.15, -0.1) is 0 Å². The van der Waals surface area contributed by atoms with E-state index >= 15 is 0 Å². The summed E-state index contributed by atoms with van der Waals surface area (Å²) in [4.78, 5) is 35.3. The third-order valence-corrected chi connectivity index (χ3v) is 5.24. The molecule has 29 heavy (non-hydrogen) atoms. The summed E-state index contributed by atoms with van der Waals surface area (Å²) in [6.45, 7) is 1.95. The first-order valence-corrected chi connectivity index (χ1v) is 9.27. The number of hydrogen-bond acceptors (Lipinski definition) is 6. The molecule has 0 radical (unpaired) electrons. The first-order valence-electron chi connectivity index (χ1n) is 9.27. The van der Waals surface area contributed by atoms with Crippen LogP contribution in [0.5, 0.6) is 0 Å². The second-order valence-electron chi connectivity index (χ2n) is 7.18. The zero-order chi connectivity index (χ0) is 20.1. The summed E-state index contributed by atoms with van der Waals surface area (Å²) in [6.07, 6.45) is 4.73. The molecule has 2 atom stereocenters. The SMILES string of the molecule is C[C@@H]1CCc2ncc(F)cc2[C@H]2COC(=O)N2c2ccn3ncc(c3n2)C(=O)N1. The van der Waals surface area contributed by atoms with Gasteiger partial charge in [0.1, 0.15) is 29.8 Å². The quantitative estimate of drug-likeness (QED) is 0.624. The summed E-state index contributed by atoms with van der Waals surface area (Å²) < 4.78 is 20.8. The highest BCUT2D eigenvalue weighted by molar-refractivity contribution is 6.00. The fraction of sp³-hybridized carbons (Fsp3) is 0.316. The summed E-state index contributed by atoms with van der Waals surface area (Å²) in [5.41, 5.74) is 1.86. The normalized spacial score (nSPS) is 21.7. The predicted octanol–water partition coefficient (Wildman–Crippen LogP) is 2.03. The lowest BCUT2D eigenvalue weighted by Crippen LogP contribution is -2.33. The molecule has 0 aromatic carbocycles. The minimum Gasteiger partial charge on any atom is -0.447 e. The van der Waals surface area contributed by atoms with Crippen LogP contribution >= 0.6 is 0 Å². The van der Waals surface area contributed by atoms with Crippen LogP contribution in [0.2, 0.25) is 0 Å². The Morgan fingerprint density at radius 3 is 3.03 bits per heavy atom. The number of nitrogens with one attached hydrogen (secondary N) is 1. The number of carbonyl (C=O) groups is 2. The molecule has 0 unspecified atom stereocenters. The minimum absolute atomic E-state index is 0.0582. The Morgan fingerprint density at radius 2 is 2.17 bits per heavy atom. The molecule has 5 rings (SSSR count). The molecule has 0 saturated carbocycles. The van der Waals surface area contributed by atoms with Crippen LogP contribution in [0.15, 0.2) is 30.7 Å². The topological polar surface area (TPSA) is 102 Å². The van der Waals surface area contributed by atoms with Gasteiger partial charge in [0.2, 0.25) is 0 Å². The van der Waals surface area contributed by atoms with Crippen molar-refractivity contribution in [1.29, 1.82) is 0 Å². The van der Waals surface area contributed by atoms with Crippen LogP contribution in [0, 0.1) is 5.82 Å². The number of aromatic nitrogens is 4. The maximum atomic E-state index is 14.0. The lowest BCUT2D eigenvalue weighted by atomic mass is 10.00. The Balaban J connectivity index is 1.72. The van der Waals surface area contributed by atoms with Crippen molar-refractivity contribution in [3.63, 3.8) is 0 Å². The lowest BCUT2D eigenvalue weighted by molar-refractivity contribution is 0.0940. The third-order valence-electron chi connectivity index (χ3n) is 5.24. The molecule has 148 valence electrons. The molecule has 10 heteroatoms. The van der Waals surface area contributed by atoms with E-state index in [-0.39, 0.29) is 18.6 Å². The largest absolute Gasteiger partial charge is 0.447 e. The van der Waals surface area contributed by atoms with Crippen LogP contribution in [-0.4, -0.2) is 44.2 Å². The van der Waals surface area contributed by atoms with E-state index in [2.05, 4.69) is 20.4 Å². The van der Waals surface area contributed by atoms with Crippen molar-refractivity contribution in [2.24, 2.45) is 0 Å². The zero-order valence-electron chi connectivity index (χ0n) is 15.5. The van der Waals surface area contributed by atoms with Gasteiger partial charge in [-0.05, 0) is 31.9 Å². The summed E-state index contributed by atoms with van der Waals surface area (Å²) in [5.74, 6) is -0.499. The van der Waals surface area contributed by atoms with Gasteiger partial charge in [0.05, 0.1) is 12.4 Å². The van der Waals surface area contributed by atoms with Gasteiger partial charge in [-0.3, -0.25) is 14.7 Å². The molecule has 2 aliphatic heterocycles. The van der Waals surface area contributed by atoms with Gasteiger partial charge in [-0.25, -0.2) is 18.7 Å². The molecule has 2 aliphatic rings. The van der Waals surface area contributed by atoms with E-state index in [1.54, 1.807) is 12.3 Å². The van der Waals surface area contributed by atoms with Gasteiger partial charge in [0.15, 0.2) is 5.65 Å². The number of aryl methyl sites for hydroxylation is 1. The number of carbonyl (C=O) groups excluding carboxylic acids is 2. The van der Waals surface area contributed by atoms with Crippen LogP contribution < -0.4 is 10.2 Å². The number of hydrogen-bond donors (Lipinski definition) is 1. The molecule has 5 heterocycles. The summed E-state index contributed by atoms with van der Waals surface area (Å²) in [6, 6.07) is 2.27. The Morgan fingerprint density at radius 1 is 1.31 bits per heavy atom. The number of nitrogens with zero attached hydrogens (tertiary/aromatic N) is 5. The highest BCUT2D eigenvalue weighted by Gasteiger charge is 2.38. The molecule has 2 amide bonds. The number of ether oxygens (including phenoxy) is 1. The molecule has 9 nitrogen and oxygen atoms in total. The predicted molar refractivity (Wildman–Crippen MR) is 99.0 cm³/mol. The maximum absolute atomic E-state index is 14.0. The van der Waals surface area contributed by atoms with Crippen molar-refractivity contribution in [2.45, 2.75) is 31.8 Å². The van der Waals surface area contributed by atoms with E-state index < -0.39 is 18.0 Å². The molecule has 1 saturated heterocycles. The van der Waals surface area contributed by atoms with Crippen molar-refractivity contribution in [3.8, 4) is 0 Å². The summed E-state index contributed by atoms with van der Waals surface area (Å²) in [7, 11) is 0. The van der Waals surface area contributed by atoms with Crippen molar-refractivity contribution in [1.82, 2.24) is 24.9 Å². The van der Waals surface area contributed by atoms with E-state index in [4.69, 9.17) is 4.74 Å². The highest BCUT2D eigenvalue weighted by Crippen LogP contribution is 2.34. The Kier molecular flexibility index (Phi) is 3.93. The molecule has 0 aliphatic carbocycles. The Labute approximate surface area is 164 Å². The molecule has 2 bridgehead atoms. The number of anilines is 1. The molecule has 3 aromatic heterocycles. The van der Waals surface area contributed by atoms with Crippen molar-refractivity contribution in [2.75, 3.05) is 11.5 Å². The summed E-state index contributed by atoms with van der Waals surface area (Å²) >= 11 is 0. The number of pyridine rings is 1. The van der Waals surface area contributed by atoms with Crippen LogP contribution in [0.1, 0.15) is 41.0 Å². The van der Waals surface area contributed by atoms with Crippen LogP contribution in [-0.2, 0) is 11.2 Å². The van der Waals surface area contributed by atoms with Crippen molar-refractivity contribution < 1.29 is 18.7 Å². The fourth-order valence-electron chi connectivity index (χ4n) is 3.76. The van der Waals surface area contributed by atoms with Gasteiger partial charge in [-0.1, -0.05) is 0 Å². The smallest absolute Gasteiger partial charge is 0.416 e. The highest BCUT2D eigenvalue weighted by atomic mass is 19.1. The lowest BCUT2D eigenvalue weighted by Gasteiger charge is -2.22. The second-order valence-corrected chi connectivity index (χ2v) is 7.18. The van der Waals surface area contributed by atoms with Crippen molar-refractivity contribution in [3.05, 3.63) is 53.4 Å². The van der Waals surface area contributed by atoms with Crippen LogP contribution in [0.3, 0.4) is 0 Å². The van der Waals surface area contributed by atoms with Crippen LogP contribution in [0.4, 0.5) is 15.0 Å². The van der Waals surface area contributed by atoms with Gasteiger partial charge in [-0.2, -0.15) is 5.10 Å². The third kappa shape index (κ3) is 2.87. The first kappa shape index (κ1) is 17.5. The van der Waals surface area contributed by atoms with E-state index in [1.807, 2.05) is 6.92 Å². The van der Waals surface area contributed by atoms with Gasteiger partial charge < -0.3 is 10.1 Å². The monoisotopic (exact) mass is 396 g/mol. The minimum atomic E-state index is -0.587. The zero-order valence-corrected chi connectivity index (χ0v) is 15.5. The fourth-order valence-corrected chi connectivity index (χ4v) is 3.76. The Bertz CT molecular complexity index is 1150. The average molecular weight is 396 g/mol. The van der Waals surface area contributed by atoms with E-state index in [9.17, 15) is 14.0 Å². The second kappa shape index (κ2) is 6.50. The van der Waals surface area contributed by atoms with Crippen molar-refractivity contribution >= 4 is 23.5 Å². The van der Waals surface area contributed by atoms with Gasteiger partial charge >= 0.3 is 6.09 Å². The summed E-state index contributed by atoms with van der Waals surface area (Å²) in [5, 5.41) is 7.09.